The smallest absolute Gasteiger partial charge is 0.315 e. The third-order valence-corrected chi connectivity index (χ3v) is 4.26. The maximum absolute atomic E-state index is 11.5. The lowest BCUT2D eigenvalue weighted by atomic mass is 9.99. The van der Waals surface area contributed by atoms with E-state index >= 15 is 0 Å². The van der Waals surface area contributed by atoms with E-state index in [4.69, 9.17) is 5.11 Å². The lowest BCUT2D eigenvalue weighted by Crippen LogP contribution is -2.49. The first-order chi connectivity index (χ1) is 8.58. The van der Waals surface area contributed by atoms with E-state index in [1.165, 1.54) is 0 Å². The third kappa shape index (κ3) is 9.29. The molecule has 8 heteroatoms. The molecule has 0 radical (unpaired) electrons. The number of nitrogens with one attached hydrogen (secondary N) is 2. The fourth-order valence-electron chi connectivity index (χ4n) is 1.30. The van der Waals surface area contributed by atoms with Crippen molar-refractivity contribution in [2.45, 2.75) is 39.2 Å². The zero-order valence-electron chi connectivity index (χ0n) is 11.5. The van der Waals surface area contributed by atoms with Crippen LogP contribution < -0.4 is 10.6 Å². The molecule has 0 aliphatic rings. The molecular formula is C11H22N2O5S. The number of carbonyl (C=O) groups is 2. The number of carboxylic acid groups (broad SMARTS) is 1. The maximum atomic E-state index is 11.5. The second-order valence-electron chi connectivity index (χ2n) is 4.89. The zero-order chi connectivity index (χ0) is 15.1. The molecule has 0 fully saturated rings. The number of urea groups is 1. The number of carboxylic acids is 1. The van der Waals surface area contributed by atoms with Crippen LogP contribution in [0.4, 0.5) is 4.79 Å². The summed E-state index contributed by atoms with van der Waals surface area (Å²) in [6.07, 6.45) is 0.251. The van der Waals surface area contributed by atoms with Crippen molar-refractivity contribution in [2.75, 3.05) is 18.1 Å². The Morgan fingerprint density at radius 1 is 1.26 bits per heavy atom. The minimum absolute atomic E-state index is 0.0387. The van der Waals surface area contributed by atoms with E-state index in [0.29, 0.717) is 6.42 Å². The summed E-state index contributed by atoms with van der Waals surface area (Å²) in [5.41, 5.74) is -0.661. The van der Waals surface area contributed by atoms with Crippen LogP contribution in [0.1, 0.15) is 33.6 Å². The first-order valence-electron chi connectivity index (χ1n) is 6.06. The number of rotatable bonds is 8. The normalized spacial score (nSPS) is 11.9. The summed E-state index contributed by atoms with van der Waals surface area (Å²) in [7, 11) is -3.10. The van der Waals surface area contributed by atoms with Crippen molar-refractivity contribution >= 4 is 21.8 Å². The minimum Gasteiger partial charge on any atom is -0.481 e. The van der Waals surface area contributed by atoms with Crippen LogP contribution in [0.5, 0.6) is 0 Å². The largest absolute Gasteiger partial charge is 0.481 e. The predicted molar refractivity (Wildman–Crippen MR) is 71.8 cm³/mol. The number of carbonyl (C=O) groups excluding carboxylic acids is 1. The molecule has 0 heterocycles. The number of aliphatic carboxylic acids is 1. The zero-order valence-corrected chi connectivity index (χ0v) is 12.3. The van der Waals surface area contributed by atoms with Gasteiger partial charge in [0.05, 0.1) is 5.75 Å². The summed E-state index contributed by atoms with van der Waals surface area (Å²) in [5.74, 6) is -0.989. The molecular weight excluding hydrogens is 272 g/mol. The van der Waals surface area contributed by atoms with Gasteiger partial charge in [-0.1, -0.05) is 6.92 Å². The lowest BCUT2D eigenvalue weighted by Gasteiger charge is -2.25. The maximum Gasteiger partial charge on any atom is 0.315 e. The molecule has 0 aliphatic carbocycles. The second kappa shape index (κ2) is 7.32. The molecule has 0 saturated carbocycles. The van der Waals surface area contributed by atoms with Crippen LogP contribution in [0.2, 0.25) is 0 Å². The monoisotopic (exact) mass is 294 g/mol. The van der Waals surface area contributed by atoms with Crippen LogP contribution in [-0.2, 0) is 14.6 Å². The Morgan fingerprint density at radius 3 is 2.32 bits per heavy atom. The van der Waals surface area contributed by atoms with Crippen LogP contribution in [-0.4, -0.2) is 49.1 Å². The van der Waals surface area contributed by atoms with Crippen LogP contribution >= 0.6 is 0 Å². The highest BCUT2D eigenvalue weighted by molar-refractivity contribution is 7.91. The van der Waals surface area contributed by atoms with Gasteiger partial charge in [0.1, 0.15) is 0 Å². The van der Waals surface area contributed by atoms with E-state index in [2.05, 4.69) is 10.6 Å². The van der Waals surface area contributed by atoms with Gasteiger partial charge in [-0.2, -0.15) is 0 Å². The minimum atomic E-state index is -3.10. The molecule has 0 aliphatic heterocycles. The van der Waals surface area contributed by atoms with Crippen molar-refractivity contribution < 1.29 is 23.1 Å². The molecule has 0 rings (SSSR count). The molecule has 0 unspecified atom stereocenters. The van der Waals surface area contributed by atoms with Crippen LogP contribution in [0.15, 0.2) is 0 Å². The number of hydrogen-bond acceptors (Lipinski definition) is 4. The standard InChI is InChI=1S/C11H22N2O5S/c1-4-19(17,18)8-7-12-10(16)13-11(2,3)6-5-9(14)15/h4-8H2,1-3H3,(H,14,15)(H2,12,13,16). The van der Waals surface area contributed by atoms with E-state index in [1.54, 1.807) is 20.8 Å². The van der Waals surface area contributed by atoms with Crippen molar-refractivity contribution in [1.29, 1.82) is 0 Å². The van der Waals surface area contributed by atoms with Gasteiger partial charge < -0.3 is 15.7 Å². The van der Waals surface area contributed by atoms with Crippen molar-refractivity contribution in [3.63, 3.8) is 0 Å². The summed E-state index contributed by atoms with van der Waals surface area (Å²) < 4.78 is 22.4. The summed E-state index contributed by atoms with van der Waals surface area (Å²) >= 11 is 0. The number of hydrogen-bond donors (Lipinski definition) is 3. The van der Waals surface area contributed by atoms with Gasteiger partial charge in [0.2, 0.25) is 0 Å². The number of amides is 2. The molecule has 0 bridgehead atoms. The van der Waals surface area contributed by atoms with Crippen LogP contribution in [0.3, 0.4) is 0 Å². The molecule has 112 valence electrons. The van der Waals surface area contributed by atoms with E-state index in [9.17, 15) is 18.0 Å². The SMILES string of the molecule is CCS(=O)(=O)CCNC(=O)NC(C)(C)CCC(=O)O. The molecule has 0 aromatic rings. The van der Waals surface area contributed by atoms with Gasteiger partial charge in [-0.05, 0) is 20.3 Å². The summed E-state index contributed by atoms with van der Waals surface area (Å²) in [4.78, 5) is 22.0. The van der Waals surface area contributed by atoms with E-state index in [1.807, 2.05) is 0 Å². The first kappa shape index (κ1) is 17.7. The van der Waals surface area contributed by atoms with E-state index in [-0.39, 0.29) is 24.5 Å². The molecule has 0 saturated heterocycles. The fraction of sp³-hybridized carbons (Fsp3) is 0.818. The highest BCUT2D eigenvalue weighted by Gasteiger charge is 2.21. The van der Waals surface area contributed by atoms with Crippen molar-refractivity contribution in [3.05, 3.63) is 0 Å². The molecule has 3 N–H and O–H groups in total. The molecule has 7 nitrogen and oxygen atoms in total. The summed E-state index contributed by atoms with van der Waals surface area (Å²) in [5, 5.41) is 13.6. The van der Waals surface area contributed by atoms with Crippen molar-refractivity contribution in [1.82, 2.24) is 10.6 Å². The Balaban J connectivity index is 4.06. The second-order valence-corrected chi connectivity index (χ2v) is 7.37. The van der Waals surface area contributed by atoms with Gasteiger partial charge >= 0.3 is 12.0 Å². The van der Waals surface area contributed by atoms with Gasteiger partial charge in [0, 0.05) is 24.3 Å². The number of sulfone groups is 1. The highest BCUT2D eigenvalue weighted by atomic mass is 32.2. The average Bonchev–Trinajstić information content (AvgIpc) is 2.25. The molecule has 0 atom stereocenters. The molecule has 0 aromatic heterocycles. The Kier molecular flexibility index (Phi) is 6.82. The Labute approximate surface area is 113 Å². The fourth-order valence-corrected chi connectivity index (χ4v) is 2.00. The summed E-state index contributed by atoms with van der Waals surface area (Å²) in [6, 6.07) is -0.498. The third-order valence-electron chi connectivity index (χ3n) is 2.55. The molecule has 0 aromatic carbocycles. The van der Waals surface area contributed by atoms with Gasteiger partial charge in [0.15, 0.2) is 9.84 Å². The van der Waals surface area contributed by atoms with Gasteiger partial charge in [-0.3, -0.25) is 4.79 Å². The van der Waals surface area contributed by atoms with Crippen molar-refractivity contribution in [2.24, 2.45) is 0 Å². The van der Waals surface area contributed by atoms with Crippen molar-refractivity contribution in [3.8, 4) is 0 Å². The summed E-state index contributed by atoms with van der Waals surface area (Å²) in [6.45, 7) is 5.00. The Hall–Kier alpha value is -1.31. The Bertz CT molecular complexity index is 417. The highest BCUT2D eigenvalue weighted by Crippen LogP contribution is 2.10. The topological polar surface area (TPSA) is 113 Å². The first-order valence-corrected chi connectivity index (χ1v) is 7.88. The van der Waals surface area contributed by atoms with Crippen LogP contribution in [0, 0.1) is 0 Å². The lowest BCUT2D eigenvalue weighted by molar-refractivity contribution is -0.137. The van der Waals surface area contributed by atoms with Gasteiger partial charge in [-0.25, -0.2) is 13.2 Å². The molecule has 19 heavy (non-hydrogen) atoms. The quantitative estimate of drug-likeness (QED) is 0.598. The van der Waals surface area contributed by atoms with E-state index in [0.717, 1.165) is 0 Å². The predicted octanol–water partition coefficient (Wildman–Crippen LogP) is 0.364. The average molecular weight is 294 g/mol. The van der Waals surface area contributed by atoms with E-state index < -0.39 is 27.4 Å². The van der Waals surface area contributed by atoms with Crippen LogP contribution in [0.25, 0.3) is 0 Å². The van der Waals surface area contributed by atoms with Gasteiger partial charge in [-0.15, -0.1) is 0 Å². The Morgan fingerprint density at radius 2 is 1.84 bits per heavy atom. The van der Waals surface area contributed by atoms with Gasteiger partial charge in [0.25, 0.3) is 0 Å². The molecule has 0 spiro atoms. The molecule has 2 amide bonds.